The lowest BCUT2D eigenvalue weighted by Gasteiger charge is -2.17. The molecule has 2 N–H and O–H groups in total. The number of rotatable bonds is 6. The van der Waals surface area contributed by atoms with Crippen LogP contribution in [0.15, 0.2) is 48.5 Å². The maximum atomic E-state index is 10.9. The first-order chi connectivity index (χ1) is 10.1. The summed E-state index contributed by atoms with van der Waals surface area (Å²) in [5, 5.41) is 13.1. The van der Waals surface area contributed by atoms with Gasteiger partial charge in [-0.2, -0.15) is 0 Å². The lowest BCUT2D eigenvalue weighted by Crippen LogP contribution is -2.19. The van der Waals surface area contributed by atoms with Crippen LogP contribution < -0.4 is 5.32 Å². The van der Waals surface area contributed by atoms with Crippen molar-refractivity contribution in [3.8, 4) is 0 Å². The van der Waals surface area contributed by atoms with E-state index in [2.05, 4.69) is 5.32 Å². The minimum atomic E-state index is -0.818. The number of hydrogen-bond donors (Lipinski definition) is 2. The van der Waals surface area contributed by atoms with Crippen LogP contribution in [0.5, 0.6) is 0 Å². The predicted molar refractivity (Wildman–Crippen MR) is 84.5 cm³/mol. The van der Waals surface area contributed by atoms with Gasteiger partial charge in [0, 0.05) is 17.6 Å². The van der Waals surface area contributed by atoms with E-state index >= 15 is 0 Å². The summed E-state index contributed by atoms with van der Waals surface area (Å²) in [6.07, 6.45) is 0.0400. The van der Waals surface area contributed by atoms with Crippen molar-refractivity contribution in [2.75, 3.05) is 0 Å². The summed E-state index contributed by atoms with van der Waals surface area (Å²) in [4.78, 5) is 10.9. The predicted octanol–water partition coefficient (Wildman–Crippen LogP) is 3.82. The van der Waals surface area contributed by atoms with E-state index in [9.17, 15) is 4.79 Å². The van der Waals surface area contributed by atoms with E-state index in [0.29, 0.717) is 6.54 Å². The number of nitrogens with one attached hydrogen (secondary N) is 1. The molecule has 1 atom stereocenters. The number of carbonyl (C=O) groups is 1. The van der Waals surface area contributed by atoms with Crippen molar-refractivity contribution in [2.24, 2.45) is 0 Å². The lowest BCUT2D eigenvalue weighted by molar-refractivity contribution is -0.136. The Hall–Kier alpha value is -1.84. The monoisotopic (exact) mass is 303 g/mol. The van der Waals surface area contributed by atoms with Gasteiger partial charge in [-0.25, -0.2) is 0 Å². The second kappa shape index (κ2) is 7.25. The molecule has 0 radical (unpaired) electrons. The van der Waals surface area contributed by atoms with Gasteiger partial charge in [0.05, 0.1) is 6.42 Å². The molecule has 4 heteroatoms. The van der Waals surface area contributed by atoms with E-state index in [1.165, 1.54) is 0 Å². The molecule has 21 heavy (non-hydrogen) atoms. The highest BCUT2D eigenvalue weighted by Gasteiger charge is 2.10. The molecular formula is C17H18ClNO2. The van der Waals surface area contributed by atoms with Crippen LogP contribution in [0.1, 0.15) is 29.7 Å². The molecule has 2 aromatic rings. The molecule has 0 aliphatic rings. The highest BCUT2D eigenvalue weighted by Crippen LogP contribution is 2.22. The Morgan fingerprint density at radius 1 is 1.14 bits per heavy atom. The van der Waals surface area contributed by atoms with Crippen molar-refractivity contribution in [1.29, 1.82) is 0 Å². The van der Waals surface area contributed by atoms with Gasteiger partial charge in [-0.3, -0.25) is 4.79 Å². The van der Waals surface area contributed by atoms with E-state index in [4.69, 9.17) is 16.7 Å². The molecule has 0 aliphatic heterocycles. The highest BCUT2D eigenvalue weighted by atomic mass is 35.5. The Labute approximate surface area is 129 Å². The molecule has 0 bridgehead atoms. The average molecular weight is 304 g/mol. The number of hydrogen-bond acceptors (Lipinski definition) is 2. The van der Waals surface area contributed by atoms with Crippen LogP contribution in [0.4, 0.5) is 0 Å². The van der Waals surface area contributed by atoms with Crippen molar-refractivity contribution in [1.82, 2.24) is 5.32 Å². The molecule has 0 spiro atoms. The molecule has 2 rings (SSSR count). The summed E-state index contributed by atoms with van der Waals surface area (Å²) in [6, 6.07) is 15.4. The maximum Gasteiger partial charge on any atom is 0.307 e. The Kier molecular flexibility index (Phi) is 5.37. The van der Waals surface area contributed by atoms with E-state index in [-0.39, 0.29) is 12.5 Å². The molecule has 0 heterocycles. The summed E-state index contributed by atoms with van der Waals surface area (Å²) in [5.74, 6) is -0.818. The second-order valence-electron chi connectivity index (χ2n) is 4.96. The fourth-order valence-corrected chi connectivity index (χ4v) is 2.56. The fraction of sp³-hybridized carbons (Fsp3) is 0.235. The number of carboxylic acid groups (broad SMARTS) is 1. The highest BCUT2D eigenvalue weighted by molar-refractivity contribution is 6.31. The van der Waals surface area contributed by atoms with Gasteiger partial charge >= 0.3 is 5.97 Å². The minimum Gasteiger partial charge on any atom is -0.481 e. The average Bonchev–Trinajstić information content (AvgIpc) is 2.46. The van der Waals surface area contributed by atoms with Gasteiger partial charge in [0.15, 0.2) is 0 Å². The molecule has 1 unspecified atom stereocenters. The number of benzene rings is 2. The molecule has 0 saturated carbocycles. The molecule has 0 aliphatic carbocycles. The van der Waals surface area contributed by atoms with Gasteiger partial charge < -0.3 is 10.4 Å². The topological polar surface area (TPSA) is 49.3 Å². The first-order valence-corrected chi connectivity index (χ1v) is 7.22. The summed E-state index contributed by atoms with van der Waals surface area (Å²) in [6.45, 7) is 2.65. The van der Waals surface area contributed by atoms with Gasteiger partial charge in [-0.1, -0.05) is 54.1 Å². The van der Waals surface area contributed by atoms with Crippen molar-refractivity contribution >= 4 is 17.6 Å². The van der Waals surface area contributed by atoms with Crippen LogP contribution in [0.2, 0.25) is 5.02 Å². The smallest absolute Gasteiger partial charge is 0.307 e. The van der Waals surface area contributed by atoms with Crippen molar-refractivity contribution in [2.45, 2.75) is 25.9 Å². The first-order valence-electron chi connectivity index (χ1n) is 6.84. The van der Waals surface area contributed by atoms with Gasteiger partial charge in [0.1, 0.15) is 0 Å². The van der Waals surface area contributed by atoms with Crippen LogP contribution in [-0.4, -0.2) is 11.1 Å². The quantitative estimate of drug-likeness (QED) is 0.853. The zero-order valence-electron chi connectivity index (χ0n) is 11.8. The summed E-state index contributed by atoms with van der Waals surface area (Å²) in [5.41, 5.74) is 2.87. The SMILES string of the molecule is CC(NCc1ccccc1CC(=O)O)c1ccccc1Cl. The molecule has 0 aromatic heterocycles. The normalized spacial score (nSPS) is 12.1. The maximum absolute atomic E-state index is 10.9. The molecule has 3 nitrogen and oxygen atoms in total. The zero-order chi connectivity index (χ0) is 15.2. The van der Waals surface area contributed by atoms with Crippen molar-refractivity contribution in [3.63, 3.8) is 0 Å². The number of carboxylic acids is 1. The first kappa shape index (κ1) is 15.5. The Morgan fingerprint density at radius 2 is 1.76 bits per heavy atom. The van der Waals surface area contributed by atoms with Gasteiger partial charge in [0.2, 0.25) is 0 Å². The van der Waals surface area contributed by atoms with Crippen LogP contribution in [0.25, 0.3) is 0 Å². The Balaban J connectivity index is 2.06. The van der Waals surface area contributed by atoms with Crippen LogP contribution in [0.3, 0.4) is 0 Å². The van der Waals surface area contributed by atoms with Crippen molar-refractivity contribution in [3.05, 3.63) is 70.2 Å². The molecular weight excluding hydrogens is 286 g/mol. The second-order valence-corrected chi connectivity index (χ2v) is 5.37. The Morgan fingerprint density at radius 3 is 2.43 bits per heavy atom. The third-order valence-electron chi connectivity index (χ3n) is 3.43. The zero-order valence-corrected chi connectivity index (χ0v) is 12.6. The van der Waals surface area contributed by atoms with Crippen LogP contribution in [0, 0.1) is 0 Å². The van der Waals surface area contributed by atoms with E-state index < -0.39 is 5.97 Å². The van der Waals surface area contributed by atoms with Crippen LogP contribution >= 0.6 is 11.6 Å². The summed E-state index contributed by atoms with van der Waals surface area (Å²) >= 11 is 6.18. The summed E-state index contributed by atoms with van der Waals surface area (Å²) in [7, 11) is 0. The number of halogens is 1. The van der Waals surface area contributed by atoms with Gasteiger partial charge in [-0.15, -0.1) is 0 Å². The fourth-order valence-electron chi connectivity index (χ4n) is 2.26. The van der Waals surface area contributed by atoms with Gasteiger partial charge in [-0.05, 0) is 29.7 Å². The summed E-state index contributed by atoms with van der Waals surface area (Å²) < 4.78 is 0. The standard InChI is InChI=1S/C17H18ClNO2/c1-12(15-8-4-5-9-16(15)18)19-11-14-7-3-2-6-13(14)10-17(20)21/h2-9,12,19H,10-11H2,1H3,(H,20,21). The molecule has 0 saturated heterocycles. The molecule has 0 fully saturated rings. The third-order valence-corrected chi connectivity index (χ3v) is 3.77. The van der Waals surface area contributed by atoms with Gasteiger partial charge in [0.25, 0.3) is 0 Å². The van der Waals surface area contributed by atoms with Crippen molar-refractivity contribution < 1.29 is 9.90 Å². The van der Waals surface area contributed by atoms with E-state index in [0.717, 1.165) is 21.7 Å². The lowest BCUT2D eigenvalue weighted by atomic mass is 10.0. The van der Waals surface area contributed by atoms with E-state index in [1.54, 1.807) is 0 Å². The molecule has 0 amide bonds. The number of aliphatic carboxylic acids is 1. The molecule has 110 valence electrons. The van der Waals surface area contributed by atoms with E-state index in [1.807, 2.05) is 55.5 Å². The third kappa shape index (κ3) is 4.31. The van der Waals surface area contributed by atoms with Crippen LogP contribution in [-0.2, 0) is 17.8 Å². The minimum absolute atomic E-state index is 0.0400. The Bertz CT molecular complexity index is 628. The largest absolute Gasteiger partial charge is 0.481 e. The molecule has 2 aromatic carbocycles.